The SMILES string of the molecule is CCCCCCCOc1ccc(CC(=O)[C@](C)(CO)NC(=O)OC(C)(C)C)cc1. The number of rotatable bonds is 12. The first-order valence-corrected chi connectivity index (χ1v) is 10.5. The molecule has 0 aliphatic heterocycles. The van der Waals surface area contributed by atoms with E-state index in [0.717, 1.165) is 17.7 Å². The van der Waals surface area contributed by atoms with E-state index in [0.29, 0.717) is 6.61 Å². The molecule has 1 amide bonds. The minimum absolute atomic E-state index is 0.0875. The summed E-state index contributed by atoms with van der Waals surface area (Å²) in [5, 5.41) is 12.2. The molecule has 6 nitrogen and oxygen atoms in total. The number of hydrogen-bond acceptors (Lipinski definition) is 5. The van der Waals surface area contributed by atoms with Crippen LogP contribution in [0.2, 0.25) is 0 Å². The second-order valence-corrected chi connectivity index (χ2v) is 8.62. The molecule has 0 bridgehead atoms. The fourth-order valence-electron chi connectivity index (χ4n) is 2.71. The van der Waals surface area contributed by atoms with Gasteiger partial charge in [0.15, 0.2) is 5.78 Å². The number of unbranched alkanes of at least 4 members (excludes halogenated alkanes) is 4. The Kier molecular flexibility index (Phi) is 10.2. The van der Waals surface area contributed by atoms with Crippen LogP contribution in [0.3, 0.4) is 0 Å². The van der Waals surface area contributed by atoms with Crippen LogP contribution in [0.15, 0.2) is 24.3 Å². The van der Waals surface area contributed by atoms with Crippen molar-refractivity contribution in [3.8, 4) is 5.75 Å². The standard InChI is InChI=1S/C23H37NO5/c1-6-7-8-9-10-15-28-19-13-11-18(12-14-19)16-20(26)23(5,17-25)24-21(27)29-22(2,3)4/h11-14,25H,6-10,15-17H2,1-5H3,(H,24,27)/t23-/m0/s1. The van der Waals surface area contributed by atoms with Crippen LogP contribution >= 0.6 is 0 Å². The van der Waals surface area contributed by atoms with Gasteiger partial charge in [-0.2, -0.15) is 0 Å². The third kappa shape index (κ3) is 9.79. The number of carbonyl (C=O) groups excluding carboxylic acids is 2. The van der Waals surface area contributed by atoms with E-state index in [2.05, 4.69) is 12.2 Å². The summed E-state index contributed by atoms with van der Waals surface area (Å²) in [6.07, 6.45) is 5.29. The van der Waals surface area contributed by atoms with Gasteiger partial charge in [0.2, 0.25) is 0 Å². The van der Waals surface area contributed by atoms with E-state index < -0.39 is 23.8 Å². The van der Waals surface area contributed by atoms with E-state index in [1.807, 2.05) is 24.3 Å². The van der Waals surface area contributed by atoms with Crippen molar-refractivity contribution >= 4 is 11.9 Å². The molecule has 0 saturated carbocycles. The number of aliphatic hydroxyl groups is 1. The van der Waals surface area contributed by atoms with E-state index in [1.54, 1.807) is 20.8 Å². The lowest BCUT2D eigenvalue weighted by atomic mass is 9.92. The molecule has 0 saturated heterocycles. The van der Waals surface area contributed by atoms with Crippen molar-refractivity contribution in [3.63, 3.8) is 0 Å². The normalized spacial score (nSPS) is 13.4. The lowest BCUT2D eigenvalue weighted by molar-refractivity contribution is -0.125. The van der Waals surface area contributed by atoms with Gasteiger partial charge in [0.25, 0.3) is 0 Å². The summed E-state index contributed by atoms with van der Waals surface area (Å²) in [5.41, 5.74) is -1.30. The molecule has 0 unspecified atom stereocenters. The zero-order valence-electron chi connectivity index (χ0n) is 18.5. The maximum absolute atomic E-state index is 12.7. The lowest BCUT2D eigenvalue weighted by Gasteiger charge is -2.29. The van der Waals surface area contributed by atoms with Crippen molar-refractivity contribution < 1.29 is 24.2 Å². The topological polar surface area (TPSA) is 84.9 Å². The molecule has 1 atom stereocenters. The average Bonchev–Trinajstić information content (AvgIpc) is 2.64. The second kappa shape index (κ2) is 11.8. The van der Waals surface area contributed by atoms with Gasteiger partial charge in [0.1, 0.15) is 16.9 Å². The van der Waals surface area contributed by atoms with Crippen molar-refractivity contribution in [1.29, 1.82) is 0 Å². The van der Waals surface area contributed by atoms with Crippen LogP contribution in [-0.2, 0) is 16.0 Å². The maximum Gasteiger partial charge on any atom is 0.408 e. The van der Waals surface area contributed by atoms with Gasteiger partial charge in [-0.05, 0) is 51.8 Å². The summed E-state index contributed by atoms with van der Waals surface area (Å²) in [6, 6.07) is 7.34. The van der Waals surface area contributed by atoms with Gasteiger partial charge in [-0.25, -0.2) is 4.79 Å². The Balaban J connectivity index is 2.55. The molecule has 0 aromatic heterocycles. The summed E-state index contributed by atoms with van der Waals surface area (Å²) in [7, 11) is 0. The fourth-order valence-corrected chi connectivity index (χ4v) is 2.71. The highest BCUT2D eigenvalue weighted by molar-refractivity contribution is 5.93. The van der Waals surface area contributed by atoms with Crippen molar-refractivity contribution in [3.05, 3.63) is 29.8 Å². The van der Waals surface area contributed by atoms with Crippen LogP contribution in [0.25, 0.3) is 0 Å². The smallest absolute Gasteiger partial charge is 0.408 e. The quantitative estimate of drug-likeness (QED) is 0.501. The molecule has 0 spiro atoms. The first-order valence-electron chi connectivity index (χ1n) is 10.5. The number of ketones is 1. The number of alkyl carbamates (subject to hydrolysis) is 1. The Morgan fingerprint density at radius 2 is 1.62 bits per heavy atom. The molecule has 2 N–H and O–H groups in total. The Bertz CT molecular complexity index is 636. The number of carbonyl (C=O) groups is 2. The Hall–Kier alpha value is -2.08. The van der Waals surface area contributed by atoms with Gasteiger partial charge >= 0.3 is 6.09 Å². The minimum atomic E-state index is -1.41. The Morgan fingerprint density at radius 1 is 1.00 bits per heavy atom. The third-order valence-electron chi connectivity index (χ3n) is 4.51. The van der Waals surface area contributed by atoms with Crippen molar-refractivity contribution in [2.75, 3.05) is 13.2 Å². The van der Waals surface area contributed by atoms with Gasteiger partial charge in [-0.3, -0.25) is 4.79 Å². The van der Waals surface area contributed by atoms with E-state index in [1.165, 1.54) is 32.6 Å². The molecular formula is C23H37NO5. The highest BCUT2D eigenvalue weighted by Gasteiger charge is 2.35. The molecule has 29 heavy (non-hydrogen) atoms. The van der Waals surface area contributed by atoms with Crippen LogP contribution in [-0.4, -0.2) is 41.3 Å². The van der Waals surface area contributed by atoms with Gasteiger partial charge in [-0.1, -0.05) is 44.7 Å². The van der Waals surface area contributed by atoms with Crippen LogP contribution in [0.5, 0.6) is 5.75 Å². The number of amides is 1. The summed E-state index contributed by atoms with van der Waals surface area (Å²) < 4.78 is 10.9. The molecule has 6 heteroatoms. The average molecular weight is 408 g/mol. The van der Waals surface area contributed by atoms with Gasteiger partial charge in [0.05, 0.1) is 13.2 Å². The molecule has 0 fully saturated rings. The molecular weight excluding hydrogens is 370 g/mol. The molecule has 0 aliphatic carbocycles. The van der Waals surface area contributed by atoms with Gasteiger partial charge in [-0.15, -0.1) is 0 Å². The van der Waals surface area contributed by atoms with E-state index in [9.17, 15) is 14.7 Å². The number of ether oxygens (including phenoxy) is 2. The predicted molar refractivity (Wildman–Crippen MR) is 114 cm³/mol. The van der Waals surface area contributed by atoms with Crippen molar-refractivity contribution in [2.45, 2.75) is 84.3 Å². The molecule has 1 rings (SSSR count). The summed E-state index contributed by atoms with van der Waals surface area (Å²) >= 11 is 0. The molecule has 0 radical (unpaired) electrons. The van der Waals surface area contributed by atoms with Crippen LogP contribution in [0.4, 0.5) is 4.79 Å². The highest BCUT2D eigenvalue weighted by Crippen LogP contribution is 2.17. The number of aliphatic hydroxyl groups excluding tert-OH is 1. The summed E-state index contributed by atoms with van der Waals surface area (Å²) in [6.45, 7) is 9.07. The van der Waals surface area contributed by atoms with Crippen LogP contribution in [0.1, 0.15) is 72.3 Å². The van der Waals surface area contributed by atoms with Gasteiger partial charge < -0.3 is 19.9 Å². The van der Waals surface area contributed by atoms with Crippen LogP contribution < -0.4 is 10.1 Å². The van der Waals surface area contributed by atoms with Crippen molar-refractivity contribution in [2.24, 2.45) is 0 Å². The number of nitrogens with one attached hydrogen (secondary N) is 1. The molecule has 0 aliphatic rings. The zero-order chi connectivity index (χ0) is 21.9. The second-order valence-electron chi connectivity index (χ2n) is 8.62. The van der Waals surface area contributed by atoms with E-state index in [4.69, 9.17) is 9.47 Å². The molecule has 1 aromatic rings. The lowest BCUT2D eigenvalue weighted by Crippen LogP contribution is -2.56. The first kappa shape index (κ1) is 25.0. The number of benzene rings is 1. The van der Waals surface area contributed by atoms with E-state index in [-0.39, 0.29) is 12.2 Å². The summed E-state index contributed by atoms with van der Waals surface area (Å²) in [4.78, 5) is 24.7. The maximum atomic E-state index is 12.7. The monoisotopic (exact) mass is 407 g/mol. The highest BCUT2D eigenvalue weighted by atomic mass is 16.6. The Morgan fingerprint density at radius 3 is 2.17 bits per heavy atom. The van der Waals surface area contributed by atoms with Crippen LogP contribution in [0, 0.1) is 0 Å². The molecule has 164 valence electrons. The fraction of sp³-hybridized carbons (Fsp3) is 0.652. The molecule has 1 aromatic carbocycles. The van der Waals surface area contributed by atoms with Gasteiger partial charge in [0, 0.05) is 6.42 Å². The summed E-state index contributed by atoms with van der Waals surface area (Å²) in [5.74, 6) is 0.476. The molecule has 0 heterocycles. The number of Topliss-reactive ketones (excluding diaryl/α,β-unsaturated/α-hetero) is 1. The minimum Gasteiger partial charge on any atom is -0.494 e. The Labute approximate surface area is 175 Å². The third-order valence-corrected chi connectivity index (χ3v) is 4.51. The first-order chi connectivity index (χ1) is 13.6. The predicted octanol–water partition coefficient (Wildman–Crippen LogP) is 4.42. The number of hydrogen-bond donors (Lipinski definition) is 2. The zero-order valence-corrected chi connectivity index (χ0v) is 18.5. The van der Waals surface area contributed by atoms with E-state index >= 15 is 0 Å². The largest absolute Gasteiger partial charge is 0.494 e. The van der Waals surface area contributed by atoms with Crippen molar-refractivity contribution in [1.82, 2.24) is 5.32 Å².